The Morgan fingerprint density at radius 3 is 2.62 bits per heavy atom. The summed E-state index contributed by atoms with van der Waals surface area (Å²) in [6.45, 7) is 0.295. The maximum absolute atomic E-state index is 13.8. The quantitative estimate of drug-likeness (QED) is 0.528. The SMILES string of the molecule is COC(=O)c1cc(NC(=O)CCCOc2cccc(Br)c2)c(F)cc1F. The van der Waals surface area contributed by atoms with Gasteiger partial charge in [0.1, 0.15) is 17.4 Å². The standard InChI is InChI=1S/C18H16BrF2NO4/c1-25-18(24)13-9-16(15(21)10-14(13)20)22-17(23)6-3-7-26-12-5-2-4-11(19)8-12/h2,4-5,8-10H,3,6-7H2,1H3,(H,22,23). The number of rotatable bonds is 7. The predicted molar refractivity (Wildman–Crippen MR) is 95.2 cm³/mol. The highest BCUT2D eigenvalue weighted by molar-refractivity contribution is 9.10. The first-order valence-corrected chi connectivity index (χ1v) is 8.45. The summed E-state index contributed by atoms with van der Waals surface area (Å²) in [6, 6.07) is 8.70. The van der Waals surface area contributed by atoms with E-state index in [-0.39, 0.29) is 12.1 Å². The lowest BCUT2D eigenvalue weighted by Crippen LogP contribution is -2.15. The number of hydrogen-bond acceptors (Lipinski definition) is 4. The highest BCUT2D eigenvalue weighted by Gasteiger charge is 2.17. The Labute approximate surface area is 157 Å². The number of esters is 1. The van der Waals surface area contributed by atoms with Crippen molar-refractivity contribution in [2.75, 3.05) is 19.0 Å². The number of carbonyl (C=O) groups excluding carboxylic acids is 2. The molecular formula is C18H16BrF2NO4. The zero-order valence-electron chi connectivity index (χ0n) is 13.9. The van der Waals surface area contributed by atoms with Gasteiger partial charge in [-0.3, -0.25) is 4.79 Å². The van der Waals surface area contributed by atoms with E-state index in [2.05, 4.69) is 26.0 Å². The molecule has 0 bridgehead atoms. The van der Waals surface area contributed by atoms with Gasteiger partial charge in [0.25, 0.3) is 0 Å². The molecule has 0 aromatic heterocycles. The molecule has 0 radical (unpaired) electrons. The summed E-state index contributed by atoms with van der Waals surface area (Å²) in [6.07, 6.45) is 0.462. The van der Waals surface area contributed by atoms with Crippen molar-refractivity contribution in [1.82, 2.24) is 0 Å². The van der Waals surface area contributed by atoms with Gasteiger partial charge in [-0.25, -0.2) is 13.6 Å². The van der Waals surface area contributed by atoms with Crippen LogP contribution < -0.4 is 10.1 Å². The summed E-state index contributed by atoms with van der Waals surface area (Å²) in [4.78, 5) is 23.4. The fraction of sp³-hybridized carbons (Fsp3) is 0.222. The number of halogens is 3. The minimum atomic E-state index is -1.06. The third-order valence-electron chi connectivity index (χ3n) is 3.35. The second-order valence-corrected chi connectivity index (χ2v) is 6.18. The van der Waals surface area contributed by atoms with E-state index in [4.69, 9.17) is 4.74 Å². The molecule has 0 aliphatic carbocycles. The monoisotopic (exact) mass is 427 g/mol. The lowest BCUT2D eigenvalue weighted by molar-refractivity contribution is -0.116. The fourth-order valence-electron chi connectivity index (χ4n) is 2.10. The molecule has 2 aromatic carbocycles. The summed E-state index contributed by atoms with van der Waals surface area (Å²) in [5.74, 6) is -2.82. The molecule has 2 rings (SSSR count). The van der Waals surface area contributed by atoms with Gasteiger partial charge < -0.3 is 14.8 Å². The Hall–Kier alpha value is -2.48. The van der Waals surface area contributed by atoms with Crippen LogP contribution in [0.4, 0.5) is 14.5 Å². The van der Waals surface area contributed by atoms with Gasteiger partial charge in [-0.1, -0.05) is 22.0 Å². The Bertz CT molecular complexity index is 814. The molecule has 8 heteroatoms. The van der Waals surface area contributed by atoms with Crippen LogP contribution in [0.15, 0.2) is 40.9 Å². The lowest BCUT2D eigenvalue weighted by atomic mass is 10.1. The van der Waals surface area contributed by atoms with Gasteiger partial charge >= 0.3 is 5.97 Å². The average Bonchev–Trinajstić information content (AvgIpc) is 2.60. The molecule has 0 saturated heterocycles. The first-order valence-electron chi connectivity index (χ1n) is 7.66. The van der Waals surface area contributed by atoms with Crippen molar-refractivity contribution in [2.45, 2.75) is 12.8 Å². The van der Waals surface area contributed by atoms with Crippen molar-refractivity contribution >= 4 is 33.5 Å². The number of ether oxygens (including phenoxy) is 2. The zero-order valence-corrected chi connectivity index (χ0v) is 15.4. The number of benzene rings is 2. The van der Waals surface area contributed by atoms with Crippen LogP contribution >= 0.6 is 15.9 Å². The lowest BCUT2D eigenvalue weighted by Gasteiger charge is -2.10. The zero-order chi connectivity index (χ0) is 19.1. The number of carbonyl (C=O) groups is 2. The van der Waals surface area contributed by atoms with Gasteiger partial charge in [-0.2, -0.15) is 0 Å². The van der Waals surface area contributed by atoms with E-state index >= 15 is 0 Å². The van der Waals surface area contributed by atoms with Crippen LogP contribution in [0.1, 0.15) is 23.2 Å². The number of hydrogen-bond donors (Lipinski definition) is 1. The molecule has 138 valence electrons. The molecule has 26 heavy (non-hydrogen) atoms. The molecule has 0 aliphatic heterocycles. The number of anilines is 1. The molecule has 0 aliphatic rings. The molecule has 0 unspecified atom stereocenters. The first-order chi connectivity index (χ1) is 12.4. The topological polar surface area (TPSA) is 64.6 Å². The van der Waals surface area contributed by atoms with Crippen molar-refractivity contribution in [3.05, 3.63) is 58.1 Å². The number of amides is 1. The summed E-state index contributed by atoms with van der Waals surface area (Å²) in [5, 5.41) is 2.31. The van der Waals surface area contributed by atoms with E-state index in [0.29, 0.717) is 24.8 Å². The highest BCUT2D eigenvalue weighted by atomic mass is 79.9. The molecule has 2 aromatic rings. The number of nitrogens with one attached hydrogen (secondary N) is 1. The van der Waals surface area contributed by atoms with Crippen LogP contribution in [0, 0.1) is 11.6 Å². The molecular weight excluding hydrogens is 412 g/mol. The molecule has 1 amide bonds. The molecule has 0 saturated carbocycles. The second-order valence-electron chi connectivity index (χ2n) is 5.26. The summed E-state index contributed by atoms with van der Waals surface area (Å²) in [5.41, 5.74) is -0.744. The van der Waals surface area contributed by atoms with E-state index in [0.717, 1.165) is 17.6 Å². The van der Waals surface area contributed by atoms with Gasteiger partial charge in [0.2, 0.25) is 5.91 Å². The van der Waals surface area contributed by atoms with Crippen LogP contribution in [0.2, 0.25) is 0 Å². The first kappa shape index (κ1) is 19.8. The third-order valence-corrected chi connectivity index (χ3v) is 3.84. The van der Waals surface area contributed by atoms with Crippen molar-refractivity contribution in [3.8, 4) is 5.75 Å². The minimum absolute atomic E-state index is 0.0678. The average molecular weight is 428 g/mol. The molecule has 0 spiro atoms. The maximum atomic E-state index is 13.8. The largest absolute Gasteiger partial charge is 0.494 e. The minimum Gasteiger partial charge on any atom is -0.494 e. The second kappa shape index (κ2) is 9.28. The summed E-state index contributed by atoms with van der Waals surface area (Å²) >= 11 is 3.33. The van der Waals surface area contributed by atoms with Crippen molar-refractivity contribution in [3.63, 3.8) is 0 Å². The molecule has 0 fully saturated rings. The van der Waals surface area contributed by atoms with Gasteiger partial charge in [0, 0.05) is 17.0 Å². The predicted octanol–water partition coefficient (Wildman–Crippen LogP) is 4.31. The Morgan fingerprint density at radius 2 is 1.92 bits per heavy atom. The van der Waals surface area contributed by atoms with E-state index in [1.165, 1.54) is 0 Å². The smallest absolute Gasteiger partial charge is 0.340 e. The maximum Gasteiger partial charge on any atom is 0.340 e. The van der Waals surface area contributed by atoms with Crippen LogP contribution in [0.3, 0.4) is 0 Å². The van der Waals surface area contributed by atoms with Crippen molar-refractivity contribution in [1.29, 1.82) is 0 Å². The highest BCUT2D eigenvalue weighted by Crippen LogP contribution is 2.21. The third kappa shape index (κ3) is 5.52. The molecule has 0 atom stereocenters. The van der Waals surface area contributed by atoms with Gasteiger partial charge in [0.05, 0.1) is 25.0 Å². The van der Waals surface area contributed by atoms with Crippen molar-refractivity contribution in [2.24, 2.45) is 0 Å². The van der Waals surface area contributed by atoms with Crippen molar-refractivity contribution < 1.29 is 27.8 Å². The van der Waals surface area contributed by atoms with E-state index in [9.17, 15) is 18.4 Å². The van der Waals surface area contributed by atoms with Crippen LogP contribution in [0.25, 0.3) is 0 Å². The molecule has 5 nitrogen and oxygen atoms in total. The van der Waals surface area contributed by atoms with Gasteiger partial charge in [0.15, 0.2) is 0 Å². The normalized spacial score (nSPS) is 10.3. The fourth-order valence-corrected chi connectivity index (χ4v) is 2.48. The Kier molecular flexibility index (Phi) is 7.08. The van der Waals surface area contributed by atoms with Gasteiger partial charge in [-0.15, -0.1) is 0 Å². The van der Waals surface area contributed by atoms with E-state index in [1.807, 2.05) is 12.1 Å². The Morgan fingerprint density at radius 1 is 1.15 bits per heavy atom. The number of methoxy groups -OCH3 is 1. The van der Waals surface area contributed by atoms with E-state index < -0.39 is 29.1 Å². The summed E-state index contributed by atoms with van der Waals surface area (Å²) in [7, 11) is 1.08. The van der Waals surface area contributed by atoms with E-state index in [1.54, 1.807) is 12.1 Å². The van der Waals surface area contributed by atoms with Crippen LogP contribution in [-0.4, -0.2) is 25.6 Å². The summed E-state index contributed by atoms with van der Waals surface area (Å²) < 4.78 is 38.1. The Balaban J connectivity index is 1.88. The van der Waals surface area contributed by atoms with Crippen LogP contribution in [-0.2, 0) is 9.53 Å². The molecule has 0 heterocycles. The van der Waals surface area contributed by atoms with Gasteiger partial charge in [-0.05, 0) is 30.7 Å². The van der Waals surface area contributed by atoms with Crippen LogP contribution in [0.5, 0.6) is 5.75 Å². The molecule has 1 N–H and O–H groups in total.